The fourth-order valence-corrected chi connectivity index (χ4v) is 2.64. The van der Waals surface area contributed by atoms with Crippen LogP contribution in [0, 0.1) is 0 Å². The lowest BCUT2D eigenvalue weighted by molar-refractivity contribution is -0.000493. The SMILES string of the molecule is O=C(NCc1ccco1)N1CCC[C@H](OCc2cccnc2)C1. The molecule has 3 heterocycles. The predicted octanol–water partition coefficient (Wildman–Crippen LogP) is 2.57. The second-order valence-electron chi connectivity index (χ2n) is 5.62. The minimum Gasteiger partial charge on any atom is -0.467 e. The van der Waals surface area contributed by atoms with Gasteiger partial charge in [-0.3, -0.25) is 4.98 Å². The number of amides is 2. The smallest absolute Gasteiger partial charge is 0.317 e. The van der Waals surface area contributed by atoms with Gasteiger partial charge in [-0.25, -0.2) is 4.79 Å². The number of furan rings is 1. The van der Waals surface area contributed by atoms with Crippen LogP contribution in [0.2, 0.25) is 0 Å². The standard InChI is InChI=1S/C17H21N3O3/c21-17(19-11-15-6-3-9-22-15)20-8-2-5-16(12-20)23-13-14-4-1-7-18-10-14/h1,3-4,6-7,9-10,16H,2,5,8,11-13H2,(H,19,21)/t16-/m0/s1. The molecule has 6 nitrogen and oxygen atoms in total. The van der Waals surface area contributed by atoms with E-state index in [1.807, 2.05) is 24.3 Å². The van der Waals surface area contributed by atoms with Gasteiger partial charge < -0.3 is 19.4 Å². The highest BCUT2D eigenvalue weighted by atomic mass is 16.5. The molecule has 1 aliphatic rings. The number of hydrogen-bond donors (Lipinski definition) is 1. The predicted molar refractivity (Wildman–Crippen MR) is 84.6 cm³/mol. The van der Waals surface area contributed by atoms with E-state index in [1.54, 1.807) is 23.6 Å². The molecular formula is C17H21N3O3. The number of carbonyl (C=O) groups excluding carboxylic acids is 1. The third-order valence-electron chi connectivity index (χ3n) is 3.87. The molecule has 0 aliphatic carbocycles. The van der Waals surface area contributed by atoms with Crippen LogP contribution in [-0.2, 0) is 17.9 Å². The summed E-state index contributed by atoms with van der Waals surface area (Å²) in [5.74, 6) is 0.750. The van der Waals surface area contributed by atoms with E-state index in [0.717, 1.165) is 30.7 Å². The molecule has 122 valence electrons. The zero-order chi connectivity index (χ0) is 15.9. The molecule has 0 radical (unpaired) electrons. The Morgan fingerprint density at radius 3 is 3.17 bits per heavy atom. The number of piperidine rings is 1. The van der Waals surface area contributed by atoms with Crippen LogP contribution in [0.5, 0.6) is 0 Å². The highest BCUT2D eigenvalue weighted by Gasteiger charge is 2.24. The Morgan fingerprint density at radius 1 is 1.43 bits per heavy atom. The summed E-state index contributed by atoms with van der Waals surface area (Å²) in [6.45, 7) is 2.31. The molecule has 0 unspecified atom stereocenters. The van der Waals surface area contributed by atoms with Crippen molar-refractivity contribution in [3.05, 3.63) is 54.2 Å². The molecule has 0 spiro atoms. The topological polar surface area (TPSA) is 67.6 Å². The van der Waals surface area contributed by atoms with E-state index < -0.39 is 0 Å². The molecule has 1 aliphatic heterocycles. The summed E-state index contributed by atoms with van der Waals surface area (Å²) in [5, 5.41) is 2.88. The molecule has 1 atom stereocenters. The number of aromatic nitrogens is 1. The molecule has 0 saturated carbocycles. The lowest BCUT2D eigenvalue weighted by Crippen LogP contribution is -2.47. The molecule has 2 aromatic rings. The Labute approximate surface area is 135 Å². The van der Waals surface area contributed by atoms with Crippen LogP contribution in [0.15, 0.2) is 47.3 Å². The largest absolute Gasteiger partial charge is 0.467 e. The van der Waals surface area contributed by atoms with Gasteiger partial charge in [-0.15, -0.1) is 0 Å². The summed E-state index contributed by atoms with van der Waals surface area (Å²) in [6.07, 6.45) is 7.14. The number of ether oxygens (including phenoxy) is 1. The normalized spacial score (nSPS) is 17.9. The van der Waals surface area contributed by atoms with Gasteiger partial charge in [0.1, 0.15) is 5.76 Å². The van der Waals surface area contributed by atoms with Crippen LogP contribution in [0.3, 0.4) is 0 Å². The van der Waals surface area contributed by atoms with Crippen molar-refractivity contribution in [1.82, 2.24) is 15.2 Å². The van der Waals surface area contributed by atoms with Crippen molar-refractivity contribution < 1.29 is 13.9 Å². The van der Waals surface area contributed by atoms with E-state index in [2.05, 4.69) is 10.3 Å². The van der Waals surface area contributed by atoms with Gasteiger partial charge in [-0.2, -0.15) is 0 Å². The van der Waals surface area contributed by atoms with Crippen LogP contribution in [-0.4, -0.2) is 35.1 Å². The van der Waals surface area contributed by atoms with Crippen LogP contribution in [0.4, 0.5) is 4.79 Å². The van der Waals surface area contributed by atoms with Gasteiger partial charge in [-0.05, 0) is 36.6 Å². The Bertz CT molecular complexity index is 601. The van der Waals surface area contributed by atoms with Crippen molar-refractivity contribution in [2.24, 2.45) is 0 Å². The van der Waals surface area contributed by atoms with E-state index in [9.17, 15) is 4.79 Å². The van der Waals surface area contributed by atoms with Crippen molar-refractivity contribution in [1.29, 1.82) is 0 Å². The van der Waals surface area contributed by atoms with Crippen molar-refractivity contribution in [3.63, 3.8) is 0 Å². The van der Waals surface area contributed by atoms with Gasteiger partial charge in [0.05, 0.1) is 25.5 Å². The van der Waals surface area contributed by atoms with Gasteiger partial charge >= 0.3 is 6.03 Å². The Balaban J connectivity index is 1.44. The fourth-order valence-electron chi connectivity index (χ4n) is 2.64. The van der Waals surface area contributed by atoms with E-state index in [1.165, 1.54) is 0 Å². The summed E-state index contributed by atoms with van der Waals surface area (Å²) in [5.41, 5.74) is 1.05. The highest BCUT2D eigenvalue weighted by Crippen LogP contribution is 2.15. The number of likely N-dealkylation sites (tertiary alicyclic amines) is 1. The van der Waals surface area contributed by atoms with E-state index in [0.29, 0.717) is 19.7 Å². The van der Waals surface area contributed by atoms with E-state index >= 15 is 0 Å². The molecular weight excluding hydrogens is 294 g/mol. The van der Waals surface area contributed by atoms with Crippen LogP contribution in [0.25, 0.3) is 0 Å². The number of urea groups is 1. The first kappa shape index (κ1) is 15.6. The lowest BCUT2D eigenvalue weighted by Gasteiger charge is -2.32. The molecule has 0 aromatic carbocycles. The van der Waals surface area contributed by atoms with Crippen LogP contribution in [0.1, 0.15) is 24.2 Å². The number of carbonyl (C=O) groups is 1. The molecule has 2 aromatic heterocycles. The first-order valence-electron chi connectivity index (χ1n) is 7.87. The van der Waals surface area contributed by atoms with Gasteiger partial charge in [0.15, 0.2) is 0 Å². The maximum atomic E-state index is 12.2. The fraction of sp³-hybridized carbons (Fsp3) is 0.412. The molecule has 1 fully saturated rings. The van der Waals surface area contributed by atoms with Crippen molar-refractivity contribution >= 4 is 6.03 Å². The zero-order valence-electron chi connectivity index (χ0n) is 13.0. The molecule has 23 heavy (non-hydrogen) atoms. The van der Waals surface area contributed by atoms with Gasteiger partial charge in [0.25, 0.3) is 0 Å². The Kier molecular flexibility index (Phi) is 5.26. The van der Waals surface area contributed by atoms with Gasteiger partial charge in [0, 0.05) is 25.5 Å². The Morgan fingerprint density at radius 2 is 2.39 bits per heavy atom. The minimum atomic E-state index is -0.0731. The second-order valence-corrected chi connectivity index (χ2v) is 5.62. The van der Waals surface area contributed by atoms with Crippen LogP contribution < -0.4 is 5.32 Å². The first-order chi connectivity index (χ1) is 11.3. The molecule has 0 bridgehead atoms. The van der Waals surface area contributed by atoms with E-state index in [-0.39, 0.29) is 12.1 Å². The number of pyridine rings is 1. The second kappa shape index (κ2) is 7.78. The molecule has 3 rings (SSSR count). The van der Waals surface area contributed by atoms with Gasteiger partial charge in [-0.1, -0.05) is 6.07 Å². The third-order valence-corrected chi connectivity index (χ3v) is 3.87. The number of rotatable bonds is 5. The molecule has 1 saturated heterocycles. The summed E-state index contributed by atoms with van der Waals surface area (Å²) < 4.78 is 11.1. The Hall–Kier alpha value is -2.34. The average Bonchev–Trinajstić information content (AvgIpc) is 3.12. The summed E-state index contributed by atoms with van der Waals surface area (Å²) in [7, 11) is 0. The monoisotopic (exact) mass is 315 g/mol. The molecule has 2 amide bonds. The summed E-state index contributed by atoms with van der Waals surface area (Å²) in [6, 6.07) is 7.47. The van der Waals surface area contributed by atoms with Crippen molar-refractivity contribution in [3.8, 4) is 0 Å². The maximum Gasteiger partial charge on any atom is 0.317 e. The first-order valence-corrected chi connectivity index (χ1v) is 7.87. The molecule has 6 heteroatoms. The lowest BCUT2D eigenvalue weighted by atomic mass is 10.1. The average molecular weight is 315 g/mol. The van der Waals surface area contributed by atoms with Crippen molar-refractivity contribution in [2.75, 3.05) is 13.1 Å². The maximum absolute atomic E-state index is 12.2. The summed E-state index contributed by atoms with van der Waals surface area (Å²) >= 11 is 0. The van der Waals surface area contributed by atoms with Gasteiger partial charge in [0.2, 0.25) is 0 Å². The van der Waals surface area contributed by atoms with Crippen molar-refractivity contribution in [2.45, 2.75) is 32.1 Å². The quantitative estimate of drug-likeness (QED) is 0.921. The van der Waals surface area contributed by atoms with E-state index in [4.69, 9.17) is 9.15 Å². The highest BCUT2D eigenvalue weighted by molar-refractivity contribution is 5.74. The minimum absolute atomic E-state index is 0.0679. The number of nitrogens with one attached hydrogen (secondary N) is 1. The number of nitrogens with zero attached hydrogens (tertiary/aromatic N) is 2. The summed E-state index contributed by atoms with van der Waals surface area (Å²) in [4.78, 5) is 18.1. The molecule has 1 N–H and O–H groups in total. The third kappa shape index (κ3) is 4.56. The number of hydrogen-bond acceptors (Lipinski definition) is 4. The van der Waals surface area contributed by atoms with Crippen LogP contribution >= 0.6 is 0 Å². The zero-order valence-corrected chi connectivity index (χ0v) is 13.0.